The van der Waals surface area contributed by atoms with E-state index in [0.29, 0.717) is 6.04 Å². The van der Waals surface area contributed by atoms with Gasteiger partial charge in [0.25, 0.3) is 0 Å². The number of halogens is 1. The van der Waals surface area contributed by atoms with Crippen LogP contribution in [0.4, 0.5) is 0 Å². The van der Waals surface area contributed by atoms with Gasteiger partial charge in [0.1, 0.15) is 0 Å². The van der Waals surface area contributed by atoms with Crippen LogP contribution < -0.4 is 5.73 Å². The summed E-state index contributed by atoms with van der Waals surface area (Å²) in [7, 11) is 4.36. The number of nitrogens with zero attached hydrogens (tertiary/aromatic N) is 2. The van der Waals surface area contributed by atoms with Gasteiger partial charge in [0.2, 0.25) is 0 Å². The van der Waals surface area contributed by atoms with Gasteiger partial charge in [-0.2, -0.15) is 0 Å². The second-order valence-corrected chi connectivity index (χ2v) is 6.53. The van der Waals surface area contributed by atoms with Crippen molar-refractivity contribution in [1.82, 2.24) is 9.80 Å². The molecule has 2 N–H and O–H groups in total. The van der Waals surface area contributed by atoms with E-state index in [4.69, 9.17) is 17.3 Å². The van der Waals surface area contributed by atoms with Crippen LogP contribution in [0, 0.1) is 6.92 Å². The summed E-state index contributed by atoms with van der Waals surface area (Å²) in [5, 5.41) is 0.838. The lowest BCUT2D eigenvalue weighted by Crippen LogP contribution is -2.51. The van der Waals surface area contributed by atoms with Crippen molar-refractivity contribution in [3.8, 4) is 0 Å². The highest BCUT2D eigenvalue weighted by molar-refractivity contribution is 6.31. The third kappa shape index (κ3) is 3.95. The van der Waals surface area contributed by atoms with Crippen molar-refractivity contribution in [3.63, 3.8) is 0 Å². The zero-order chi connectivity index (χ0) is 14.7. The fourth-order valence-corrected chi connectivity index (χ4v) is 3.29. The maximum atomic E-state index is 6.48. The molecule has 1 fully saturated rings. The molecule has 2 rings (SSSR count). The molecule has 0 saturated carbocycles. The van der Waals surface area contributed by atoms with E-state index < -0.39 is 0 Å². The van der Waals surface area contributed by atoms with Crippen LogP contribution in [0.15, 0.2) is 18.2 Å². The molecular formula is C16H26ClN3. The quantitative estimate of drug-likeness (QED) is 0.927. The molecule has 0 aromatic heterocycles. The number of rotatable bonds is 3. The highest BCUT2D eigenvalue weighted by Crippen LogP contribution is 2.21. The molecule has 0 bridgehead atoms. The summed E-state index contributed by atoms with van der Waals surface area (Å²) in [6.45, 7) is 5.36. The summed E-state index contributed by atoms with van der Waals surface area (Å²) in [4.78, 5) is 4.78. The molecule has 4 heteroatoms. The van der Waals surface area contributed by atoms with Gasteiger partial charge in [0.15, 0.2) is 0 Å². The Labute approximate surface area is 127 Å². The normalized spacial score (nSPS) is 23.6. The minimum Gasteiger partial charge on any atom is -0.326 e. The van der Waals surface area contributed by atoms with Crippen molar-refractivity contribution < 1.29 is 0 Å². The molecule has 0 aliphatic carbocycles. The van der Waals surface area contributed by atoms with Gasteiger partial charge in [-0.1, -0.05) is 23.7 Å². The molecule has 1 aliphatic rings. The van der Waals surface area contributed by atoms with Crippen LogP contribution in [0.1, 0.15) is 17.5 Å². The van der Waals surface area contributed by atoms with Crippen LogP contribution in [-0.4, -0.2) is 55.6 Å². The van der Waals surface area contributed by atoms with E-state index in [9.17, 15) is 0 Å². The van der Waals surface area contributed by atoms with Crippen LogP contribution in [0.25, 0.3) is 0 Å². The molecule has 112 valence electrons. The Kier molecular flexibility index (Phi) is 5.44. The molecule has 1 saturated heterocycles. The number of hydrogen-bond acceptors (Lipinski definition) is 3. The molecule has 3 nitrogen and oxygen atoms in total. The maximum absolute atomic E-state index is 6.48. The molecule has 1 aromatic rings. The molecule has 1 aromatic carbocycles. The number of hydrogen-bond donors (Lipinski definition) is 1. The lowest BCUT2D eigenvalue weighted by atomic mass is 9.98. The van der Waals surface area contributed by atoms with E-state index in [-0.39, 0.29) is 6.04 Å². The first kappa shape index (κ1) is 15.8. The van der Waals surface area contributed by atoms with Crippen molar-refractivity contribution in [3.05, 3.63) is 34.3 Å². The van der Waals surface area contributed by atoms with Crippen molar-refractivity contribution in [1.29, 1.82) is 0 Å². The molecule has 2 atom stereocenters. The summed E-state index contributed by atoms with van der Waals surface area (Å²) in [5.41, 5.74) is 8.83. The Morgan fingerprint density at radius 1 is 1.35 bits per heavy atom. The molecule has 1 heterocycles. The molecule has 20 heavy (non-hydrogen) atoms. The third-order valence-electron chi connectivity index (χ3n) is 4.27. The first-order valence-corrected chi connectivity index (χ1v) is 7.74. The highest BCUT2D eigenvalue weighted by atomic mass is 35.5. The van der Waals surface area contributed by atoms with Crippen molar-refractivity contribution >= 4 is 11.6 Å². The molecule has 1 aliphatic heterocycles. The van der Waals surface area contributed by atoms with E-state index in [1.807, 2.05) is 6.07 Å². The largest absolute Gasteiger partial charge is 0.326 e. The van der Waals surface area contributed by atoms with Gasteiger partial charge in [0.05, 0.1) is 0 Å². The summed E-state index contributed by atoms with van der Waals surface area (Å²) in [6.07, 6.45) is 2.05. The lowest BCUT2D eigenvalue weighted by molar-refractivity contribution is 0.195. The Morgan fingerprint density at radius 3 is 2.80 bits per heavy atom. The Hall–Kier alpha value is -0.610. The van der Waals surface area contributed by atoms with Gasteiger partial charge in [-0.05, 0) is 64.1 Å². The number of aryl methyl sites for hydroxylation is 1. The first-order valence-electron chi connectivity index (χ1n) is 7.37. The second-order valence-electron chi connectivity index (χ2n) is 6.13. The number of likely N-dealkylation sites (N-methyl/N-ethyl adjacent to an activating group) is 2. The zero-order valence-electron chi connectivity index (χ0n) is 12.8. The Balaban J connectivity index is 2.07. The molecule has 2 unspecified atom stereocenters. The van der Waals surface area contributed by atoms with Gasteiger partial charge in [-0.15, -0.1) is 0 Å². The molecular weight excluding hydrogens is 270 g/mol. The van der Waals surface area contributed by atoms with E-state index in [2.05, 4.69) is 43.0 Å². The second kappa shape index (κ2) is 6.90. The van der Waals surface area contributed by atoms with Crippen molar-refractivity contribution in [2.24, 2.45) is 5.73 Å². The van der Waals surface area contributed by atoms with Gasteiger partial charge >= 0.3 is 0 Å². The van der Waals surface area contributed by atoms with Gasteiger partial charge < -0.3 is 15.5 Å². The topological polar surface area (TPSA) is 32.5 Å². The number of nitrogens with two attached hydrogens (primary N) is 1. The fourth-order valence-electron chi connectivity index (χ4n) is 2.98. The summed E-state index contributed by atoms with van der Waals surface area (Å²) in [6, 6.07) is 6.74. The molecule has 0 radical (unpaired) electrons. The fraction of sp³-hybridized carbons (Fsp3) is 0.625. The third-order valence-corrected chi connectivity index (χ3v) is 4.63. The highest BCUT2D eigenvalue weighted by Gasteiger charge is 2.26. The van der Waals surface area contributed by atoms with E-state index >= 15 is 0 Å². The maximum Gasteiger partial charge on any atom is 0.0441 e. The predicted octanol–water partition coefficient (Wildman–Crippen LogP) is 2.15. The van der Waals surface area contributed by atoms with Crippen LogP contribution in [0.5, 0.6) is 0 Å². The lowest BCUT2D eigenvalue weighted by Gasteiger charge is -2.32. The summed E-state index contributed by atoms with van der Waals surface area (Å²) in [5.74, 6) is 0. The Morgan fingerprint density at radius 2 is 2.10 bits per heavy atom. The SMILES string of the molecule is Cc1ccc(CC(N)C2CN(C)CCCN2C)c(Cl)c1. The predicted molar refractivity (Wildman–Crippen MR) is 86.4 cm³/mol. The zero-order valence-corrected chi connectivity index (χ0v) is 13.5. The van der Waals surface area contributed by atoms with E-state index in [0.717, 1.165) is 36.6 Å². The van der Waals surface area contributed by atoms with E-state index in [1.54, 1.807) is 0 Å². The number of benzene rings is 1. The standard InChI is InChI=1S/C16H26ClN3/c1-12-5-6-13(14(17)9-12)10-15(18)16-11-19(2)7-4-8-20(16)3/h5-6,9,15-16H,4,7-8,10-11,18H2,1-3H3. The van der Waals surface area contributed by atoms with Gasteiger partial charge in [-0.25, -0.2) is 0 Å². The average Bonchev–Trinajstić information content (AvgIpc) is 2.54. The first-order chi connectivity index (χ1) is 9.47. The minimum atomic E-state index is 0.112. The minimum absolute atomic E-state index is 0.112. The average molecular weight is 296 g/mol. The molecule has 0 spiro atoms. The van der Waals surface area contributed by atoms with Crippen molar-refractivity contribution in [2.45, 2.75) is 31.8 Å². The van der Waals surface area contributed by atoms with E-state index in [1.165, 1.54) is 12.0 Å². The van der Waals surface area contributed by atoms with Crippen LogP contribution in [0.3, 0.4) is 0 Å². The molecule has 0 amide bonds. The van der Waals surface area contributed by atoms with Crippen LogP contribution in [-0.2, 0) is 6.42 Å². The smallest absolute Gasteiger partial charge is 0.0441 e. The Bertz CT molecular complexity index is 449. The van der Waals surface area contributed by atoms with Crippen LogP contribution in [0.2, 0.25) is 5.02 Å². The monoisotopic (exact) mass is 295 g/mol. The van der Waals surface area contributed by atoms with Crippen molar-refractivity contribution in [2.75, 3.05) is 33.7 Å². The van der Waals surface area contributed by atoms with Gasteiger partial charge in [0, 0.05) is 23.7 Å². The van der Waals surface area contributed by atoms with Gasteiger partial charge in [-0.3, -0.25) is 0 Å². The summed E-state index contributed by atoms with van der Waals surface area (Å²) >= 11 is 6.33. The summed E-state index contributed by atoms with van der Waals surface area (Å²) < 4.78 is 0. The van der Waals surface area contributed by atoms with Crippen LogP contribution >= 0.6 is 11.6 Å².